The lowest BCUT2D eigenvalue weighted by atomic mass is 10.2. The molecule has 0 radical (unpaired) electrons. The summed E-state index contributed by atoms with van der Waals surface area (Å²) in [5, 5.41) is 6.57. The van der Waals surface area contributed by atoms with Gasteiger partial charge in [0.1, 0.15) is 5.76 Å². The Morgan fingerprint density at radius 3 is 3.27 bits per heavy atom. The molecular weight excluding hydrogens is 190 g/mol. The van der Waals surface area contributed by atoms with Crippen molar-refractivity contribution in [3.8, 4) is 0 Å². The van der Waals surface area contributed by atoms with E-state index in [1.54, 1.807) is 0 Å². The first-order valence-corrected chi connectivity index (χ1v) is 5.65. The van der Waals surface area contributed by atoms with E-state index in [1.165, 1.54) is 6.42 Å². The van der Waals surface area contributed by atoms with Crippen LogP contribution in [0.3, 0.4) is 0 Å². The second-order valence-corrected chi connectivity index (χ2v) is 4.21. The fourth-order valence-electron chi connectivity index (χ4n) is 1.88. The molecule has 2 rings (SSSR count). The fraction of sp³-hybridized carbons (Fsp3) is 0.727. The molecule has 0 bridgehead atoms. The van der Waals surface area contributed by atoms with Gasteiger partial charge in [-0.05, 0) is 33.4 Å². The summed E-state index contributed by atoms with van der Waals surface area (Å²) in [4.78, 5) is 4.33. The summed E-state index contributed by atoms with van der Waals surface area (Å²) in [6.07, 6.45) is 5.11. The van der Waals surface area contributed by atoms with Gasteiger partial charge in [0.15, 0.2) is 0 Å². The van der Waals surface area contributed by atoms with E-state index in [9.17, 15) is 0 Å². The Kier molecular flexibility index (Phi) is 3.38. The smallest absolute Gasteiger partial charge is 0.211 e. The van der Waals surface area contributed by atoms with Crippen LogP contribution in [0.1, 0.15) is 37.5 Å². The molecule has 84 valence electrons. The van der Waals surface area contributed by atoms with Gasteiger partial charge in [0.25, 0.3) is 0 Å². The topological polar surface area (TPSA) is 50.1 Å². The number of rotatable bonds is 4. The maximum atomic E-state index is 5.73. The molecule has 2 unspecified atom stereocenters. The largest absolute Gasteiger partial charge is 0.444 e. The van der Waals surface area contributed by atoms with E-state index in [0.717, 1.165) is 31.0 Å². The van der Waals surface area contributed by atoms with E-state index >= 15 is 0 Å². The summed E-state index contributed by atoms with van der Waals surface area (Å²) in [5.41, 5.74) is 0. The molecule has 1 fully saturated rings. The second kappa shape index (κ2) is 4.77. The van der Waals surface area contributed by atoms with Crippen LogP contribution in [0.5, 0.6) is 0 Å². The molecule has 2 atom stereocenters. The zero-order valence-corrected chi connectivity index (χ0v) is 9.42. The predicted octanol–water partition coefficient (Wildman–Crippen LogP) is 1.25. The number of hydrogen-bond donors (Lipinski definition) is 2. The van der Waals surface area contributed by atoms with Crippen molar-refractivity contribution in [2.45, 2.75) is 38.3 Å². The molecule has 1 aliphatic heterocycles. The van der Waals surface area contributed by atoms with Gasteiger partial charge in [-0.15, -0.1) is 0 Å². The SMILES string of the molecule is CNC(C)Cc1cnc(C2CCCN2)o1. The van der Waals surface area contributed by atoms with Crippen molar-refractivity contribution >= 4 is 0 Å². The summed E-state index contributed by atoms with van der Waals surface area (Å²) in [7, 11) is 1.96. The van der Waals surface area contributed by atoms with Gasteiger partial charge in [-0.25, -0.2) is 4.98 Å². The van der Waals surface area contributed by atoms with Gasteiger partial charge in [-0.1, -0.05) is 0 Å². The predicted molar refractivity (Wildman–Crippen MR) is 58.7 cm³/mol. The highest BCUT2D eigenvalue weighted by Gasteiger charge is 2.21. The van der Waals surface area contributed by atoms with E-state index in [0.29, 0.717) is 12.1 Å². The molecule has 2 heterocycles. The summed E-state index contributed by atoms with van der Waals surface area (Å²) in [6, 6.07) is 0.769. The molecule has 1 saturated heterocycles. The normalized spacial score (nSPS) is 23.2. The van der Waals surface area contributed by atoms with Gasteiger partial charge in [0, 0.05) is 12.5 Å². The number of aromatic nitrogens is 1. The number of hydrogen-bond acceptors (Lipinski definition) is 4. The molecule has 0 amide bonds. The molecule has 0 aromatic carbocycles. The monoisotopic (exact) mass is 209 g/mol. The molecule has 1 aromatic heterocycles. The summed E-state index contributed by atoms with van der Waals surface area (Å²) < 4.78 is 5.73. The van der Waals surface area contributed by atoms with Crippen molar-refractivity contribution in [3.05, 3.63) is 17.8 Å². The molecule has 1 aromatic rings. The second-order valence-electron chi connectivity index (χ2n) is 4.21. The van der Waals surface area contributed by atoms with Crippen LogP contribution >= 0.6 is 0 Å². The lowest BCUT2D eigenvalue weighted by Crippen LogP contribution is -2.23. The van der Waals surface area contributed by atoms with Crippen molar-refractivity contribution in [1.29, 1.82) is 0 Å². The van der Waals surface area contributed by atoms with Crippen molar-refractivity contribution in [1.82, 2.24) is 15.6 Å². The van der Waals surface area contributed by atoms with E-state index in [2.05, 4.69) is 22.5 Å². The van der Waals surface area contributed by atoms with Crippen LogP contribution in [0, 0.1) is 0 Å². The number of nitrogens with one attached hydrogen (secondary N) is 2. The van der Waals surface area contributed by atoms with E-state index in [1.807, 2.05) is 13.2 Å². The van der Waals surface area contributed by atoms with Crippen molar-refractivity contribution < 1.29 is 4.42 Å². The molecule has 0 aliphatic carbocycles. The first kappa shape index (κ1) is 10.6. The minimum absolute atomic E-state index is 0.337. The molecule has 15 heavy (non-hydrogen) atoms. The summed E-state index contributed by atoms with van der Waals surface area (Å²) in [6.45, 7) is 3.21. The van der Waals surface area contributed by atoms with E-state index < -0.39 is 0 Å². The van der Waals surface area contributed by atoms with E-state index in [-0.39, 0.29) is 0 Å². The third-order valence-electron chi connectivity index (χ3n) is 2.93. The minimum Gasteiger partial charge on any atom is -0.444 e. The van der Waals surface area contributed by atoms with Crippen LogP contribution in [-0.2, 0) is 6.42 Å². The molecule has 0 saturated carbocycles. The van der Waals surface area contributed by atoms with Crippen molar-refractivity contribution in [3.63, 3.8) is 0 Å². The van der Waals surface area contributed by atoms with E-state index in [4.69, 9.17) is 4.42 Å². The number of oxazole rings is 1. The molecule has 4 nitrogen and oxygen atoms in total. The fourth-order valence-corrected chi connectivity index (χ4v) is 1.88. The van der Waals surface area contributed by atoms with Gasteiger partial charge in [-0.3, -0.25) is 0 Å². The van der Waals surface area contributed by atoms with Crippen LogP contribution in [0.2, 0.25) is 0 Å². The minimum atomic E-state index is 0.337. The first-order valence-electron chi connectivity index (χ1n) is 5.65. The number of nitrogens with zero attached hydrogens (tertiary/aromatic N) is 1. The Morgan fingerprint density at radius 2 is 2.60 bits per heavy atom. The van der Waals surface area contributed by atoms with Crippen LogP contribution in [0.15, 0.2) is 10.6 Å². The van der Waals surface area contributed by atoms with Gasteiger partial charge in [0.2, 0.25) is 5.89 Å². The average molecular weight is 209 g/mol. The Hall–Kier alpha value is -0.870. The standard InChI is InChI=1S/C11H19N3O/c1-8(12-2)6-9-7-14-11(15-9)10-4-3-5-13-10/h7-8,10,12-13H,3-6H2,1-2H3. The van der Waals surface area contributed by atoms with Gasteiger partial charge in [0.05, 0.1) is 12.2 Å². The molecule has 1 aliphatic rings. The summed E-state index contributed by atoms with van der Waals surface area (Å²) in [5.74, 6) is 1.83. The zero-order valence-electron chi connectivity index (χ0n) is 9.42. The third kappa shape index (κ3) is 2.58. The lowest BCUT2D eigenvalue weighted by molar-refractivity contribution is 0.393. The molecule has 2 N–H and O–H groups in total. The molecule has 4 heteroatoms. The Bertz CT molecular complexity index is 305. The molecular formula is C11H19N3O. The lowest BCUT2D eigenvalue weighted by Gasteiger charge is -2.07. The highest BCUT2D eigenvalue weighted by atomic mass is 16.4. The quantitative estimate of drug-likeness (QED) is 0.783. The highest BCUT2D eigenvalue weighted by molar-refractivity contribution is 5.01. The maximum absolute atomic E-state index is 5.73. The van der Waals surface area contributed by atoms with Gasteiger partial charge < -0.3 is 15.1 Å². The van der Waals surface area contributed by atoms with Crippen LogP contribution < -0.4 is 10.6 Å². The highest BCUT2D eigenvalue weighted by Crippen LogP contribution is 2.22. The van der Waals surface area contributed by atoms with Gasteiger partial charge >= 0.3 is 0 Å². The number of likely N-dealkylation sites (N-methyl/N-ethyl adjacent to an activating group) is 1. The van der Waals surface area contributed by atoms with Gasteiger partial charge in [-0.2, -0.15) is 0 Å². The Morgan fingerprint density at radius 1 is 1.73 bits per heavy atom. The average Bonchev–Trinajstić information content (AvgIpc) is 2.85. The third-order valence-corrected chi connectivity index (χ3v) is 2.93. The summed E-state index contributed by atoms with van der Waals surface area (Å²) >= 11 is 0. The Labute approximate surface area is 90.5 Å². The maximum Gasteiger partial charge on any atom is 0.211 e. The first-order chi connectivity index (χ1) is 7.29. The van der Waals surface area contributed by atoms with Crippen LogP contribution in [0.25, 0.3) is 0 Å². The van der Waals surface area contributed by atoms with Crippen LogP contribution in [-0.4, -0.2) is 24.6 Å². The zero-order chi connectivity index (χ0) is 10.7. The van der Waals surface area contributed by atoms with Crippen molar-refractivity contribution in [2.24, 2.45) is 0 Å². The Balaban J connectivity index is 1.97. The molecule has 0 spiro atoms. The van der Waals surface area contributed by atoms with Crippen molar-refractivity contribution in [2.75, 3.05) is 13.6 Å². The van der Waals surface area contributed by atoms with Crippen LogP contribution in [0.4, 0.5) is 0 Å².